The maximum Gasteiger partial charge on any atom is 0.244 e. The van der Waals surface area contributed by atoms with Crippen LogP contribution in [0, 0.1) is 12.7 Å². The highest BCUT2D eigenvalue weighted by Crippen LogP contribution is 2.33. The monoisotopic (exact) mass is 378 g/mol. The Hall–Kier alpha value is -2.45. The van der Waals surface area contributed by atoms with Crippen molar-refractivity contribution in [2.45, 2.75) is 17.9 Å². The molecule has 1 fully saturated rings. The normalized spacial score (nSPS) is 18.4. The number of piperazine rings is 1. The van der Waals surface area contributed by atoms with Gasteiger partial charge < -0.3 is 10.1 Å². The number of rotatable bonds is 4. The van der Waals surface area contributed by atoms with Gasteiger partial charge >= 0.3 is 0 Å². The zero-order valence-electron chi connectivity index (χ0n) is 14.4. The third kappa shape index (κ3) is 3.17. The van der Waals surface area contributed by atoms with Crippen LogP contribution in [0.25, 0.3) is 0 Å². The van der Waals surface area contributed by atoms with Crippen molar-refractivity contribution in [3.8, 4) is 5.75 Å². The summed E-state index contributed by atoms with van der Waals surface area (Å²) in [5, 5.41) is 2.61. The van der Waals surface area contributed by atoms with Gasteiger partial charge in [-0.15, -0.1) is 0 Å². The van der Waals surface area contributed by atoms with E-state index in [1.165, 1.54) is 31.4 Å². The van der Waals surface area contributed by atoms with Gasteiger partial charge in [0.25, 0.3) is 0 Å². The Morgan fingerprint density at radius 1 is 1.23 bits per heavy atom. The molecule has 0 radical (unpaired) electrons. The fourth-order valence-corrected chi connectivity index (χ4v) is 4.84. The molecular formula is C18H19FN2O4S. The maximum absolute atomic E-state index is 14.3. The van der Waals surface area contributed by atoms with Crippen LogP contribution >= 0.6 is 0 Å². The van der Waals surface area contributed by atoms with E-state index < -0.39 is 27.8 Å². The van der Waals surface area contributed by atoms with Gasteiger partial charge in [0, 0.05) is 18.7 Å². The number of nitrogens with one attached hydrogen (secondary N) is 1. The number of nitrogens with zero attached hydrogens (tertiary/aromatic N) is 1. The number of methoxy groups -OCH3 is 1. The summed E-state index contributed by atoms with van der Waals surface area (Å²) < 4.78 is 46.9. The van der Waals surface area contributed by atoms with Crippen molar-refractivity contribution in [1.29, 1.82) is 0 Å². The lowest BCUT2D eigenvalue weighted by molar-refractivity contribution is -0.127. The summed E-state index contributed by atoms with van der Waals surface area (Å²) in [6, 6.07) is 9.03. The van der Waals surface area contributed by atoms with E-state index in [-0.39, 0.29) is 23.5 Å². The van der Waals surface area contributed by atoms with Gasteiger partial charge in [0.15, 0.2) is 0 Å². The Balaban J connectivity index is 2.10. The first kappa shape index (κ1) is 18.3. The lowest BCUT2D eigenvalue weighted by Gasteiger charge is -2.34. The van der Waals surface area contributed by atoms with Gasteiger partial charge in [-0.05, 0) is 36.8 Å². The molecule has 0 aliphatic carbocycles. The molecule has 138 valence electrons. The summed E-state index contributed by atoms with van der Waals surface area (Å²) in [6.07, 6.45) is 0. The molecule has 6 nitrogen and oxygen atoms in total. The second-order valence-corrected chi connectivity index (χ2v) is 7.82. The highest BCUT2D eigenvalue weighted by atomic mass is 32.2. The van der Waals surface area contributed by atoms with Crippen LogP contribution in [-0.2, 0) is 14.8 Å². The van der Waals surface area contributed by atoms with E-state index in [1.807, 2.05) is 0 Å². The van der Waals surface area contributed by atoms with Crippen LogP contribution in [0.2, 0.25) is 0 Å². The molecule has 3 rings (SSSR count). The quantitative estimate of drug-likeness (QED) is 0.883. The van der Waals surface area contributed by atoms with Crippen LogP contribution in [0.1, 0.15) is 17.2 Å². The van der Waals surface area contributed by atoms with Gasteiger partial charge in [-0.1, -0.05) is 18.2 Å². The fourth-order valence-electron chi connectivity index (χ4n) is 3.06. The second-order valence-electron chi connectivity index (χ2n) is 5.96. The van der Waals surface area contributed by atoms with Crippen molar-refractivity contribution in [3.05, 3.63) is 59.4 Å². The van der Waals surface area contributed by atoms with Gasteiger partial charge in [-0.25, -0.2) is 12.8 Å². The van der Waals surface area contributed by atoms with Crippen LogP contribution < -0.4 is 10.1 Å². The Kier molecular flexibility index (Phi) is 4.97. The van der Waals surface area contributed by atoms with E-state index in [1.54, 1.807) is 25.1 Å². The van der Waals surface area contributed by atoms with Crippen LogP contribution in [-0.4, -0.2) is 38.8 Å². The minimum Gasteiger partial charge on any atom is -0.497 e. The number of benzene rings is 2. The predicted molar refractivity (Wildman–Crippen MR) is 93.8 cm³/mol. The van der Waals surface area contributed by atoms with E-state index in [0.29, 0.717) is 11.3 Å². The summed E-state index contributed by atoms with van der Waals surface area (Å²) in [5.74, 6) is -0.638. The van der Waals surface area contributed by atoms with E-state index >= 15 is 0 Å². The molecule has 8 heteroatoms. The van der Waals surface area contributed by atoms with Crippen LogP contribution in [0.5, 0.6) is 5.75 Å². The number of amides is 1. The molecule has 1 unspecified atom stereocenters. The van der Waals surface area contributed by atoms with Crippen molar-refractivity contribution in [2.24, 2.45) is 0 Å². The number of sulfonamides is 1. The van der Waals surface area contributed by atoms with Gasteiger partial charge in [0.2, 0.25) is 15.9 Å². The molecule has 1 N–H and O–H groups in total. The summed E-state index contributed by atoms with van der Waals surface area (Å²) >= 11 is 0. The fraction of sp³-hybridized carbons (Fsp3) is 0.278. The van der Waals surface area contributed by atoms with E-state index in [0.717, 1.165) is 4.31 Å². The Morgan fingerprint density at radius 2 is 1.96 bits per heavy atom. The lowest BCUT2D eigenvalue weighted by atomic mass is 10.0. The molecule has 1 aliphatic rings. The average Bonchev–Trinajstić information content (AvgIpc) is 2.62. The van der Waals surface area contributed by atoms with Crippen molar-refractivity contribution >= 4 is 15.9 Å². The average molecular weight is 378 g/mol. The molecule has 2 aromatic carbocycles. The Labute approximate surface area is 151 Å². The van der Waals surface area contributed by atoms with E-state index in [2.05, 4.69) is 5.32 Å². The van der Waals surface area contributed by atoms with Crippen molar-refractivity contribution in [1.82, 2.24) is 9.62 Å². The summed E-state index contributed by atoms with van der Waals surface area (Å²) in [4.78, 5) is 12.5. The zero-order chi connectivity index (χ0) is 18.9. The van der Waals surface area contributed by atoms with Gasteiger partial charge in [0.1, 0.15) is 17.6 Å². The van der Waals surface area contributed by atoms with Crippen molar-refractivity contribution < 1.29 is 22.3 Å². The lowest BCUT2D eigenvalue weighted by Crippen LogP contribution is -2.52. The topological polar surface area (TPSA) is 75.7 Å². The standard InChI is InChI=1S/C18H19FN2O4S/c1-12-11-13(25-2)7-8-16(12)26(23,24)21-10-9-20-18(22)17(21)14-5-3-4-6-15(14)19/h3-8,11,17H,9-10H2,1-2H3,(H,20,22). The second kappa shape index (κ2) is 7.05. The van der Waals surface area contributed by atoms with Gasteiger partial charge in [-0.2, -0.15) is 4.31 Å². The SMILES string of the molecule is COc1ccc(S(=O)(=O)N2CCNC(=O)C2c2ccccc2F)c(C)c1. The van der Waals surface area contributed by atoms with E-state index in [9.17, 15) is 17.6 Å². The largest absolute Gasteiger partial charge is 0.497 e. The zero-order valence-corrected chi connectivity index (χ0v) is 15.2. The Bertz CT molecular complexity index is 946. The van der Waals surface area contributed by atoms with Crippen LogP contribution in [0.3, 0.4) is 0 Å². The molecule has 2 aromatic rings. The molecule has 1 saturated heterocycles. The molecule has 1 atom stereocenters. The maximum atomic E-state index is 14.3. The first-order valence-corrected chi connectivity index (χ1v) is 9.49. The number of ether oxygens (including phenoxy) is 1. The van der Waals surface area contributed by atoms with Gasteiger partial charge in [-0.3, -0.25) is 4.79 Å². The van der Waals surface area contributed by atoms with Crippen molar-refractivity contribution in [3.63, 3.8) is 0 Å². The first-order valence-electron chi connectivity index (χ1n) is 8.05. The first-order chi connectivity index (χ1) is 12.4. The molecule has 1 aliphatic heterocycles. The molecule has 0 aromatic heterocycles. The predicted octanol–water partition coefficient (Wildman–Crippen LogP) is 2.00. The number of carbonyl (C=O) groups is 1. The molecule has 0 bridgehead atoms. The van der Waals surface area contributed by atoms with Crippen LogP contribution in [0.4, 0.5) is 4.39 Å². The third-order valence-corrected chi connectivity index (χ3v) is 6.36. The number of hydrogen-bond donors (Lipinski definition) is 1. The minimum atomic E-state index is -4.01. The highest BCUT2D eigenvalue weighted by Gasteiger charge is 2.41. The summed E-state index contributed by atoms with van der Waals surface area (Å²) in [5.41, 5.74) is 0.516. The minimum absolute atomic E-state index is 0.0273. The molecule has 0 saturated carbocycles. The molecular weight excluding hydrogens is 359 g/mol. The van der Waals surface area contributed by atoms with Gasteiger partial charge in [0.05, 0.1) is 12.0 Å². The molecule has 1 amide bonds. The number of aryl methyl sites for hydroxylation is 1. The Morgan fingerprint density at radius 3 is 2.62 bits per heavy atom. The number of halogens is 1. The molecule has 0 spiro atoms. The number of hydrogen-bond acceptors (Lipinski definition) is 4. The number of carbonyl (C=O) groups excluding carboxylic acids is 1. The van der Waals surface area contributed by atoms with Crippen LogP contribution in [0.15, 0.2) is 47.4 Å². The third-order valence-electron chi connectivity index (χ3n) is 4.34. The molecule has 1 heterocycles. The molecule has 26 heavy (non-hydrogen) atoms. The smallest absolute Gasteiger partial charge is 0.244 e. The van der Waals surface area contributed by atoms with E-state index in [4.69, 9.17) is 4.74 Å². The summed E-state index contributed by atoms with van der Waals surface area (Å²) in [7, 11) is -2.52. The van der Waals surface area contributed by atoms with Crippen molar-refractivity contribution in [2.75, 3.05) is 20.2 Å². The highest BCUT2D eigenvalue weighted by molar-refractivity contribution is 7.89. The summed E-state index contributed by atoms with van der Waals surface area (Å²) in [6.45, 7) is 1.87.